The third-order valence-electron chi connectivity index (χ3n) is 2.57. The summed E-state index contributed by atoms with van der Waals surface area (Å²) in [7, 11) is 1.86. The molecular formula is C13H15ClN4OS. The second kappa shape index (κ2) is 7.33. The van der Waals surface area contributed by atoms with Gasteiger partial charge in [0, 0.05) is 17.0 Å². The number of carbonyl (C=O) groups is 1. The van der Waals surface area contributed by atoms with Crippen LogP contribution < -0.4 is 10.6 Å². The van der Waals surface area contributed by atoms with Crippen molar-refractivity contribution in [1.29, 1.82) is 0 Å². The van der Waals surface area contributed by atoms with Crippen molar-refractivity contribution in [3.8, 4) is 10.6 Å². The Labute approximate surface area is 126 Å². The number of hydrogen-bond acceptors (Lipinski definition) is 5. The molecule has 0 unspecified atom stereocenters. The zero-order chi connectivity index (χ0) is 14.4. The molecular weight excluding hydrogens is 296 g/mol. The maximum atomic E-state index is 11.7. The van der Waals surface area contributed by atoms with Crippen LogP contribution in [0.4, 0.5) is 5.13 Å². The molecule has 0 aliphatic rings. The van der Waals surface area contributed by atoms with Crippen molar-refractivity contribution >= 4 is 34.0 Å². The smallest absolute Gasteiger partial charge is 0.226 e. The molecule has 106 valence electrons. The van der Waals surface area contributed by atoms with E-state index >= 15 is 0 Å². The normalized spacial score (nSPS) is 10.5. The lowest BCUT2D eigenvalue weighted by Gasteiger charge is -2.00. The van der Waals surface area contributed by atoms with Crippen molar-refractivity contribution in [1.82, 2.24) is 15.5 Å². The summed E-state index contributed by atoms with van der Waals surface area (Å²) in [5, 5.41) is 15.7. The topological polar surface area (TPSA) is 66.9 Å². The van der Waals surface area contributed by atoms with Gasteiger partial charge in [-0.2, -0.15) is 0 Å². The lowest BCUT2D eigenvalue weighted by atomic mass is 10.2. The van der Waals surface area contributed by atoms with Crippen molar-refractivity contribution in [3.63, 3.8) is 0 Å². The summed E-state index contributed by atoms with van der Waals surface area (Å²) in [4.78, 5) is 11.7. The Morgan fingerprint density at radius 1 is 1.40 bits per heavy atom. The molecule has 2 N–H and O–H groups in total. The van der Waals surface area contributed by atoms with Gasteiger partial charge in [0.05, 0.1) is 0 Å². The molecule has 0 aliphatic carbocycles. The minimum Gasteiger partial charge on any atom is -0.320 e. The lowest BCUT2D eigenvalue weighted by Crippen LogP contribution is -2.15. The van der Waals surface area contributed by atoms with Gasteiger partial charge in [-0.25, -0.2) is 0 Å². The van der Waals surface area contributed by atoms with Gasteiger partial charge >= 0.3 is 0 Å². The predicted octanol–water partition coefficient (Wildman–Crippen LogP) is 2.80. The standard InChI is InChI=1S/C13H15ClN4OS/c1-15-7-3-6-11(19)16-13-18-17-12(20-13)9-4-2-5-10(14)8-9/h2,4-5,8,15H,3,6-7H2,1H3,(H,16,18,19). The minimum atomic E-state index is -0.0472. The van der Waals surface area contributed by atoms with Crippen molar-refractivity contribution in [2.45, 2.75) is 12.8 Å². The fourth-order valence-electron chi connectivity index (χ4n) is 1.62. The summed E-state index contributed by atoms with van der Waals surface area (Å²) < 4.78 is 0. The zero-order valence-corrected chi connectivity index (χ0v) is 12.6. The molecule has 2 aromatic rings. The first-order chi connectivity index (χ1) is 9.69. The Morgan fingerprint density at radius 2 is 2.25 bits per heavy atom. The van der Waals surface area contributed by atoms with Crippen LogP contribution in [0.25, 0.3) is 10.6 Å². The summed E-state index contributed by atoms with van der Waals surface area (Å²) in [5.41, 5.74) is 0.894. The molecule has 0 spiro atoms. The van der Waals surface area contributed by atoms with Gasteiger partial charge in [-0.15, -0.1) is 10.2 Å². The Morgan fingerprint density at radius 3 is 3.00 bits per heavy atom. The number of aromatic nitrogens is 2. The first-order valence-corrected chi connectivity index (χ1v) is 7.42. The van der Waals surface area contributed by atoms with Gasteiger partial charge in [0.1, 0.15) is 5.01 Å². The van der Waals surface area contributed by atoms with Crippen LogP contribution in [-0.2, 0) is 4.79 Å². The molecule has 7 heteroatoms. The first kappa shape index (κ1) is 14.9. The van der Waals surface area contributed by atoms with Crippen LogP contribution in [0.3, 0.4) is 0 Å². The van der Waals surface area contributed by atoms with Gasteiger partial charge in [0.25, 0.3) is 0 Å². The Balaban J connectivity index is 1.97. The number of carbonyl (C=O) groups excluding carboxylic acids is 1. The van der Waals surface area contributed by atoms with E-state index in [4.69, 9.17) is 11.6 Å². The van der Waals surface area contributed by atoms with Crippen molar-refractivity contribution in [2.24, 2.45) is 0 Å². The molecule has 1 heterocycles. The quantitative estimate of drug-likeness (QED) is 0.805. The van der Waals surface area contributed by atoms with E-state index in [0.29, 0.717) is 16.6 Å². The van der Waals surface area contributed by atoms with Crippen LogP contribution in [0.15, 0.2) is 24.3 Å². The van der Waals surface area contributed by atoms with E-state index in [-0.39, 0.29) is 5.91 Å². The Bertz CT molecular complexity index is 587. The van der Waals surface area contributed by atoms with E-state index in [1.165, 1.54) is 11.3 Å². The Hall–Kier alpha value is -1.50. The molecule has 2 rings (SSSR count). The molecule has 5 nitrogen and oxygen atoms in total. The van der Waals surface area contributed by atoms with Crippen LogP contribution in [0.5, 0.6) is 0 Å². The van der Waals surface area contributed by atoms with E-state index in [1.54, 1.807) is 6.07 Å². The summed E-state index contributed by atoms with van der Waals surface area (Å²) in [5.74, 6) is -0.0472. The lowest BCUT2D eigenvalue weighted by molar-refractivity contribution is -0.116. The van der Waals surface area contributed by atoms with E-state index in [2.05, 4.69) is 20.8 Å². The van der Waals surface area contributed by atoms with Crippen molar-refractivity contribution in [2.75, 3.05) is 18.9 Å². The van der Waals surface area contributed by atoms with Crippen LogP contribution in [0.2, 0.25) is 5.02 Å². The van der Waals surface area contributed by atoms with E-state index in [1.807, 2.05) is 25.2 Å². The monoisotopic (exact) mass is 310 g/mol. The maximum Gasteiger partial charge on any atom is 0.226 e. The molecule has 1 aromatic carbocycles. The van der Waals surface area contributed by atoms with Gasteiger partial charge in [-0.1, -0.05) is 35.1 Å². The summed E-state index contributed by atoms with van der Waals surface area (Å²) in [6.07, 6.45) is 1.26. The van der Waals surface area contributed by atoms with E-state index in [0.717, 1.165) is 23.5 Å². The van der Waals surface area contributed by atoms with Gasteiger partial charge in [-0.05, 0) is 32.1 Å². The molecule has 0 bridgehead atoms. The molecule has 1 aromatic heterocycles. The van der Waals surface area contributed by atoms with Gasteiger partial charge in [-0.3, -0.25) is 4.79 Å². The number of rotatable bonds is 6. The highest BCUT2D eigenvalue weighted by Gasteiger charge is 2.09. The third-order valence-corrected chi connectivity index (χ3v) is 3.70. The molecule has 0 radical (unpaired) electrons. The van der Waals surface area contributed by atoms with Crippen LogP contribution in [0, 0.1) is 0 Å². The number of amides is 1. The average molecular weight is 311 g/mol. The van der Waals surface area contributed by atoms with Gasteiger partial charge in [0.2, 0.25) is 11.0 Å². The minimum absolute atomic E-state index is 0.0472. The number of anilines is 1. The molecule has 0 saturated heterocycles. The highest BCUT2D eigenvalue weighted by atomic mass is 35.5. The number of halogens is 1. The van der Waals surface area contributed by atoms with Crippen LogP contribution in [0.1, 0.15) is 12.8 Å². The predicted molar refractivity (Wildman–Crippen MR) is 82.1 cm³/mol. The molecule has 0 aliphatic heterocycles. The van der Waals surface area contributed by atoms with Crippen LogP contribution >= 0.6 is 22.9 Å². The molecule has 0 atom stereocenters. The summed E-state index contributed by atoms with van der Waals surface area (Å²) in [6.45, 7) is 0.817. The third kappa shape index (κ3) is 4.26. The SMILES string of the molecule is CNCCCC(=O)Nc1nnc(-c2cccc(Cl)c2)s1. The summed E-state index contributed by atoms with van der Waals surface area (Å²) >= 11 is 7.27. The Kier molecular flexibility index (Phi) is 5.46. The molecule has 1 amide bonds. The van der Waals surface area contributed by atoms with Crippen LogP contribution in [-0.4, -0.2) is 29.7 Å². The second-order valence-electron chi connectivity index (χ2n) is 4.18. The fraction of sp³-hybridized carbons (Fsp3) is 0.308. The zero-order valence-electron chi connectivity index (χ0n) is 11.0. The van der Waals surface area contributed by atoms with Gasteiger partial charge in [0.15, 0.2) is 0 Å². The highest BCUT2D eigenvalue weighted by Crippen LogP contribution is 2.28. The first-order valence-electron chi connectivity index (χ1n) is 6.23. The fourth-order valence-corrected chi connectivity index (χ4v) is 2.57. The number of nitrogens with zero attached hydrogens (tertiary/aromatic N) is 2. The molecule has 0 fully saturated rings. The average Bonchev–Trinajstić information content (AvgIpc) is 2.87. The number of hydrogen-bond donors (Lipinski definition) is 2. The second-order valence-corrected chi connectivity index (χ2v) is 5.59. The highest BCUT2D eigenvalue weighted by molar-refractivity contribution is 7.18. The van der Waals surface area contributed by atoms with Crippen molar-refractivity contribution in [3.05, 3.63) is 29.3 Å². The maximum absolute atomic E-state index is 11.7. The largest absolute Gasteiger partial charge is 0.320 e. The van der Waals surface area contributed by atoms with Gasteiger partial charge < -0.3 is 10.6 Å². The summed E-state index contributed by atoms with van der Waals surface area (Å²) in [6, 6.07) is 7.39. The van der Waals surface area contributed by atoms with E-state index < -0.39 is 0 Å². The number of benzene rings is 1. The van der Waals surface area contributed by atoms with E-state index in [9.17, 15) is 4.79 Å². The molecule has 0 saturated carbocycles. The molecule has 20 heavy (non-hydrogen) atoms. The van der Waals surface area contributed by atoms with Crippen molar-refractivity contribution < 1.29 is 4.79 Å². The number of nitrogens with one attached hydrogen (secondary N) is 2.